The average molecular weight is 618 g/mol. The Balaban J connectivity index is 2.89. The van der Waals surface area contributed by atoms with Gasteiger partial charge in [-0.15, -0.1) is 0 Å². The van der Waals surface area contributed by atoms with Crippen LogP contribution in [0.3, 0.4) is 0 Å². The predicted octanol–water partition coefficient (Wildman–Crippen LogP) is 2.58. The first-order valence-electron chi connectivity index (χ1n) is 13.9. The molecule has 11 nitrogen and oxygen atoms in total. The molecule has 1 unspecified atom stereocenters. The molecule has 1 aromatic carbocycles. The molecule has 0 bridgehead atoms. The Hall–Kier alpha value is -4.12. The second-order valence-electron chi connectivity index (χ2n) is 10.5. The zero-order chi connectivity index (χ0) is 32.2. The molecule has 0 aliphatic heterocycles. The molecule has 0 fully saturated rings. The number of halogens is 1. The quantitative estimate of drug-likeness (QED) is 0.327. The molecular weight excluding hydrogens is 582 g/mol. The molecule has 0 radical (unpaired) electrons. The van der Waals surface area contributed by atoms with Crippen LogP contribution in [0.25, 0.3) is 22.2 Å². The molecule has 0 amide bonds. The number of esters is 4. The van der Waals surface area contributed by atoms with Crippen LogP contribution in [0.1, 0.15) is 54.0 Å². The van der Waals surface area contributed by atoms with E-state index in [0.29, 0.717) is 5.56 Å². The van der Waals surface area contributed by atoms with Crippen LogP contribution in [0.15, 0.2) is 32.5 Å². The molecule has 3 rings (SSSR count). The molecule has 1 aliphatic rings. The van der Waals surface area contributed by atoms with Gasteiger partial charge in [-0.1, -0.05) is 11.6 Å². The number of fused-ring (bicyclic) bond motifs is 2. The Labute approximate surface area is 253 Å². The van der Waals surface area contributed by atoms with E-state index in [1.165, 1.54) is 32.9 Å². The van der Waals surface area contributed by atoms with Crippen molar-refractivity contribution in [3.63, 3.8) is 0 Å². The number of rotatable bonds is 9. The normalized spacial score (nSPS) is 15.0. The van der Waals surface area contributed by atoms with E-state index in [0.717, 1.165) is 0 Å². The Bertz CT molecular complexity index is 1690. The fourth-order valence-electron chi connectivity index (χ4n) is 4.66. The van der Waals surface area contributed by atoms with E-state index >= 15 is 0 Å². The third kappa shape index (κ3) is 6.77. The van der Waals surface area contributed by atoms with Crippen molar-refractivity contribution in [3.8, 4) is 0 Å². The van der Waals surface area contributed by atoms with E-state index in [1.807, 2.05) is 0 Å². The molecule has 232 valence electrons. The third-order valence-corrected chi connectivity index (χ3v) is 6.66. The lowest BCUT2D eigenvalue weighted by atomic mass is 9.88. The minimum atomic E-state index is -1.75. The zero-order valence-electron chi connectivity index (χ0n) is 25.5. The largest absolute Gasteiger partial charge is 0.465 e. The van der Waals surface area contributed by atoms with Gasteiger partial charge in [0.25, 0.3) is 0 Å². The molecule has 1 aliphatic carbocycles. The summed E-state index contributed by atoms with van der Waals surface area (Å²) in [4.78, 5) is 69.4. The number of hydrogen-bond donors (Lipinski definition) is 1. The minimum Gasteiger partial charge on any atom is -0.465 e. The van der Waals surface area contributed by atoms with E-state index in [1.54, 1.807) is 34.6 Å². The molecule has 0 spiro atoms. The minimum absolute atomic E-state index is 0.0330. The molecule has 1 heterocycles. The van der Waals surface area contributed by atoms with Gasteiger partial charge >= 0.3 is 23.9 Å². The summed E-state index contributed by atoms with van der Waals surface area (Å²) in [5.41, 5.74) is -3.24. The first-order valence-corrected chi connectivity index (χ1v) is 14.3. The second-order valence-corrected chi connectivity index (χ2v) is 10.9. The number of nitrogens with one attached hydrogen (secondary N) is 1. The molecule has 1 aromatic heterocycles. The smallest absolute Gasteiger partial charge is 0.342 e. The van der Waals surface area contributed by atoms with Crippen molar-refractivity contribution < 1.29 is 42.5 Å². The van der Waals surface area contributed by atoms with E-state index in [9.17, 15) is 24.0 Å². The fraction of sp³-hybridized carbons (Fsp3) is 0.452. The summed E-state index contributed by atoms with van der Waals surface area (Å²) in [7, 11) is 0. The van der Waals surface area contributed by atoms with E-state index in [-0.39, 0.29) is 53.3 Å². The highest BCUT2D eigenvalue weighted by Gasteiger charge is 2.45. The van der Waals surface area contributed by atoms with Crippen molar-refractivity contribution in [3.05, 3.63) is 54.7 Å². The van der Waals surface area contributed by atoms with E-state index in [4.69, 9.17) is 35.0 Å². The molecule has 0 saturated heterocycles. The van der Waals surface area contributed by atoms with Gasteiger partial charge in [-0.3, -0.25) is 9.59 Å². The summed E-state index contributed by atoms with van der Waals surface area (Å²) in [5, 5.41) is 3.17. The monoisotopic (exact) mass is 617 g/mol. The molecule has 43 heavy (non-hydrogen) atoms. The molecular formula is C31H36ClNO10. The highest BCUT2D eigenvalue weighted by molar-refractivity contribution is 6.32. The van der Waals surface area contributed by atoms with Gasteiger partial charge in [-0.25, -0.2) is 14.4 Å². The highest BCUT2D eigenvalue weighted by atomic mass is 35.5. The summed E-state index contributed by atoms with van der Waals surface area (Å²) in [5.74, 6) is -6.08. The lowest BCUT2D eigenvalue weighted by Crippen LogP contribution is -2.50. The lowest BCUT2D eigenvalue weighted by molar-refractivity contribution is -0.148. The van der Waals surface area contributed by atoms with Gasteiger partial charge in [0.05, 0.1) is 48.2 Å². The van der Waals surface area contributed by atoms with Crippen molar-refractivity contribution in [2.45, 2.75) is 60.9 Å². The highest BCUT2D eigenvalue weighted by Crippen LogP contribution is 2.33. The van der Waals surface area contributed by atoms with Crippen LogP contribution in [-0.4, -0.2) is 55.8 Å². The van der Waals surface area contributed by atoms with Crippen molar-refractivity contribution in [1.29, 1.82) is 0 Å². The number of carbonyl (C=O) groups is 4. The number of hydrogen-bond acceptors (Lipinski definition) is 11. The number of carbonyl (C=O) groups excluding carboxylic acids is 4. The van der Waals surface area contributed by atoms with Gasteiger partial charge < -0.3 is 28.7 Å². The Morgan fingerprint density at radius 2 is 1.40 bits per heavy atom. The number of benzene rings is 1. The summed E-state index contributed by atoms with van der Waals surface area (Å²) < 4.78 is 27.5. The Morgan fingerprint density at radius 1 is 0.860 bits per heavy atom. The lowest BCUT2D eigenvalue weighted by Gasteiger charge is -2.29. The number of ether oxygens (including phenoxy) is 4. The van der Waals surface area contributed by atoms with Crippen LogP contribution in [0, 0.1) is 12.8 Å². The molecule has 0 saturated carbocycles. The maximum atomic E-state index is 14.4. The van der Waals surface area contributed by atoms with Crippen LogP contribution < -0.4 is 21.4 Å². The summed E-state index contributed by atoms with van der Waals surface area (Å²) in [6, 6.07) is 2.92. The zero-order valence-corrected chi connectivity index (χ0v) is 26.3. The number of aryl methyl sites for hydroxylation is 1. The summed E-state index contributed by atoms with van der Waals surface area (Å²) in [6.07, 6.45) is 0. The summed E-state index contributed by atoms with van der Waals surface area (Å²) in [6.45, 7) is 12.6. The van der Waals surface area contributed by atoms with Crippen LogP contribution >= 0.6 is 11.6 Å². The van der Waals surface area contributed by atoms with Gasteiger partial charge in [-0.05, 0) is 73.1 Å². The predicted molar refractivity (Wildman–Crippen MR) is 158 cm³/mol. The van der Waals surface area contributed by atoms with Crippen LogP contribution in [0.2, 0.25) is 5.02 Å². The standard InChI is InChI=1S/C31H36ClNO10/c1-9-39-27(35)19-20(28(36)40-10-2)22(30(38)42-12-4)26-23(24(33-31(6,7)8)21(19)29(37)41-11-3)25(34)16-14-17(32)15(5)13-18(16)43-26/h13-14,21,33H,9-12H2,1-8H3. The molecule has 2 aromatic rings. The molecule has 1 atom stereocenters. The van der Waals surface area contributed by atoms with Crippen LogP contribution in [0.5, 0.6) is 0 Å². The van der Waals surface area contributed by atoms with Gasteiger partial charge in [0.1, 0.15) is 17.1 Å². The maximum Gasteiger partial charge on any atom is 0.342 e. The average Bonchev–Trinajstić information content (AvgIpc) is 3.02. The first-order chi connectivity index (χ1) is 20.2. The van der Waals surface area contributed by atoms with Gasteiger partial charge in [0, 0.05) is 16.3 Å². The van der Waals surface area contributed by atoms with Crippen molar-refractivity contribution >= 4 is 57.7 Å². The van der Waals surface area contributed by atoms with E-state index < -0.39 is 62.9 Å². The first kappa shape index (κ1) is 33.4. The third-order valence-electron chi connectivity index (χ3n) is 6.25. The van der Waals surface area contributed by atoms with Gasteiger partial charge in [0.15, 0.2) is 5.42 Å². The van der Waals surface area contributed by atoms with E-state index in [2.05, 4.69) is 5.32 Å². The van der Waals surface area contributed by atoms with Gasteiger partial charge in [0.2, 0.25) is 5.43 Å². The summed E-state index contributed by atoms with van der Waals surface area (Å²) >= 11 is 6.37. The van der Waals surface area contributed by atoms with Crippen LogP contribution in [0.4, 0.5) is 0 Å². The fourth-order valence-corrected chi connectivity index (χ4v) is 4.82. The maximum absolute atomic E-state index is 14.4. The van der Waals surface area contributed by atoms with Crippen molar-refractivity contribution in [2.24, 2.45) is 5.92 Å². The Morgan fingerprint density at radius 3 is 1.93 bits per heavy atom. The van der Waals surface area contributed by atoms with Crippen molar-refractivity contribution in [2.75, 3.05) is 26.4 Å². The molecule has 12 heteroatoms. The molecule has 1 N–H and O–H groups in total. The van der Waals surface area contributed by atoms with Gasteiger partial charge in [-0.2, -0.15) is 0 Å². The van der Waals surface area contributed by atoms with Crippen LogP contribution in [-0.2, 0) is 38.1 Å². The second kappa shape index (κ2) is 13.5. The Kier molecular flexibility index (Phi) is 10.4. The topological polar surface area (TPSA) is 147 Å². The van der Waals surface area contributed by atoms with Crippen molar-refractivity contribution in [1.82, 2.24) is 5.32 Å². The SMILES string of the molecule is CCOC(=O)C1=C(C(=O)OCC)C(C(=O)OCC)C(NC(C)(C)C)=c2c(oc3cc(C)c(Cl)cc3c2=O)=C1C(=O)OCC.